The van der Waals surface area contributed by atoms with Gasteiger partial charge in [-0.05, 0) is 37.6 Å². The number of nitrogens with zero attached hydrogens (tertiary/aromatic N) is 2. The van der Waals surface area contributed by atoms with Gasteiger partial charge in [-0.1, -0.05) is 12.1 Å². The van der Waals surface area contributed by atoms with Crippen molar-refractivity contribution in [1.82, 2.24) is 10.2 Å². The van der Waals surface area contributed by atoms with E-state index in [1.54, 1.807) is 7.11 Å². The molecule has 1 saturated heterocycles. The van der Waals surface area contributed by atoms with Gasteiger partial charge >= 0.3 is 0 Å². The van der Waals surface area contributed by atoms with E-state index in [4.69, 9.17) is 19.9 Å². The van der Waals surface area contributed by atoms with Crippen LogP contribution in [0, 0.1) is 0 Å². The van der Waals surface area contributed by atoms with Crippen LogP contribution in [0.2, 0.25) is 0 Å². The maximum atomic E-state index is 5.93. The van der Waals surface area contributed by atoms with Gasteiger partial charge in [0.15, 0.2) is 5.96 Å². The Balaban J connectivity index is 1.70. The number of nitrogens with one attached hydrogen (secondary N) is 1. The van der Waals surface area contributed by atoms with Crippen LogP contribution >= 0.6 is 0 Å². The number of likely N-dealkylation sites (N-methyl/N-ethyl adjacent to an activating group) is 1. The SMILES string of the molecule is COCCN(C)CCOc1cccc(CN=C(N)NCC2CCCO2)c1. The van der Waals surface area contributed by atoms with Gasteiger partial charge in [0, 0.05) is 33.4 Å². The molecule has 2 rings (SSSR count). The van der Waals surface area contributed by atoms with E-state index < -0.39 is 0 Å². The molecule has 0 aliphatic carbocycles. The molecule has 0 amide bonds. The highest BCUT2D eigenvalue weighted by Crippen LogP contribution is 2.14. The van der Waals surface area contributed by atoms with Crippen molar-refractivity contribution < 1.29 is 14.2 Å². The van der Waals surface area contributed by atoms with E-state index in [-0.39, 0.29) is 6.10 Å². The Morgan fingerprint density at radius 2 is 2.23 bits per heavy atom. The Kier molecular flexibility index (Phi) is 9.23. The first-order valence-electron chi connectivity index (χ1n) is 9.22. The summed E-state index contributed by atoms with van der Waals surface area (Å²) in [6.07, 6.45) is 2.46. The van der Waals surface area contributed by atoms with Crippen molar-refractivity contribution in [3.8, 4) is 5.75 Å². The largest absolute Gasteiger partial charge is 0.492 e. The van der Waals surface area contributed by atoms with Gasteiger partial charge in [-0.2, -0.15) is 0 Å². The minimum Gasteiger partial charge on any atom is -0.492 e. The Morgan fingerprint density at radius 3 is 3.00 bits per heavy atom. The molecule has 0 aromatic heterocycles. The van der Waals surface area contributed by atoms with Gasteiger partial charge in [-0.25, -0.2) is 4.99 Å². The summed E-state index contributed by atoms with van der Waals surface area (Å²) in [7, 11) is 3.77. The van der Waals surface area contributed by atoms with Crippen molar-refractivity contribution in [3.05, 3.63) is 29.8 Å². The van der Waals surface area contributed by atoms with Crippen molar-refractivity contribution in [2.75, 3.05) is 53.6 Å². The van der Waals surface area contributed by atoms with Gasteiger partial charge in [-0.15, -0.1) is 0 Å². The second kappa shape index (κ2) is 11.7. The normalized spacial score (nSPS) is 17.7. The summed E-state index contributed by atoms with van der Waals surface area (Å²) >= 11 is 0. The Hall–Kier alpha value is -1.83. The molecule has 7 heteroatoms. The highest BCUT2D eigenvalue weighted by molar-refractivity contribution is 5.77. The summed E-state index contributed by atoms with van der Waals surface area (Å²) in [6, 6.07) is 7.96. The van der Waals surface area contributed by atoms with Crippen molar-refractivity contribution in [1.29, 1.82) is 0 Å². The van der Waals surface area contributed by atoms with Crippen LogP contribution in [0.4, 0.5) is 0 Å². The summed E-state index contributed by atoms with van der Waals surface area (Å²) in [5.41, 5.74) is 6.99. The smallest absolute Gasteiger partial charge is 0.189 e. The van der Waals surface area contributed by atoms with Crippen LogP contribution in [0.1, 0.15) is 18.4 Å². The van der Waals surface area contributed by atoms with Crippen LogP contribution in [0.25, 0.3) is 0 Å². The van der Waals surface area contributed by atoms with Crippen molar-refractivity contribution >= 4 is 5.96 Å². The summed E-state index contributed by atoms with van der Waals surface area (Å²) < 4.78 is 16.5. The molecule has 1 unspecified atom stereocenters. The second-order valence-corrected chi connectivity index (χ2v) is 6.51. The number of hydrogen-bond donors (Lipinski definition) is 2. The Labute approximate surface area is 156 Å². The topological polar surface area (TPSA) is 81.3 Å². The zero-order chi connectivity index (χ0) is 18.6. The molecule has 1 aromatic rings. The van der Waals surface area contributed by atoms with Gasteiger partial charge < -0.3 is 30.2 Å². The number of rotatable bonds is 11. The fourth-order valence-electron chi connectivity index (χ4n) is 2.67. The summed E-state index contributed by atoms with van der Waals surface area (Å²) in [5, 5.41) is 3.13. The van der Waals surface area contributed by atoms with E-state index in [1.807, 2.05) is 24.3 Å². The molecular formula is C19H32N4O3. The van der Waals surface area contributed by atoms with Gasteiger partial charge in [-0.3, -0.25) is 0 Å². The van der Waals surface area contributed by atoms with Crippen molar-refractivity contribution in [2.45, 2.75) is 25.5 Å². The van der Waals surface area contributed by atoms with Crippen LogP contribution in [0.5, 0.6) is 5.75 Å². The first-order chi connectivity index (χ1) is 12.7. The van der Waals surface area contributed by atoms with E-state index in [0.717, 1.165) is 57.0 Å². The monoisotopic (exact) mass is 364 g/mol. The Morgan fingerprint density at radius 1 is 1.38 bits per heavy atom. The second-order valence-electron chi connectivity index (χ2n) is 6.51. The molecule has 0 saturated carbocycles. The van der Waals surface area contributed by atoms with Crippen molar-refractivity contribution in [3.63, 3.8) is 0 Å². The lowest BCUT2D eigenvalue weighted by atomic mass is 10.2. The van der Waals surface area contributed by atoms with Crippen LogP contribution in [0.15, 0.2) is 29.3 Å². The standard InChI is InChI=1S/C19H32N4O3/c1-23(8-11-24-2)9-12-26-17-6-3-5-16(13-17)14-21-19(20)22-15-18-7-4-10-25-18/h3,5-6,13,18H,4,7-12,14-15H2,1-2H3,(H3,20,21,22). The third kappa shape index (κ3) is 8.03. The van der Waals surface area contributed by atoms with E-state index in [1.165, 1.54) is 0 Å². The van der Waals surface area contributed by atoms with E-state index in [0.29, 0.717) is 19.1 Å². The van der Waals surface area contributed by atoms with Gasteiger partial charge in [0.1, 0.15) is 12.4 Å². The summed E-state index contributed by atoms with van der Waals surface area (Å²) in [6.45, 7) is 5.20. The van der Waals surface area contributed by atoms with Gasteiger partial charge in [0.05, 0.1) is 19.3 Å². The summed E-state index contributed by atoms with van der Waals surface area (Å²) in [4.78, 5) is 6.57. The van der Waals surface area contributed by atoms with Crippen molar-refractivity contribution in [2.24, 2.45) is 10.7 Å². The third-order valence-electron chi connectivity index (χ3n) is 4.28. The molecule has 1 fully saturated rings. The highest BCUT2D eigenvalue weighted by Gasteiger charge is 2.14. The van der Waals surface area contributed by atoms with Gasteiger partial charge in [0.2, 0.25) is 0 Å². The number of ether oxygens (including phenoxy) is 3. The minimum atomic E-state index is 0.252. The maximum Gasteiger partial charge on any atom is 0.189 e. The summed E-state index contributed by atoms with van der Waals surface area (Å²) in [5.74, 6) is 1.30. The zero-order valence-electron chi connectivity index (χ0n) is 15.9. The quantitative estimate of drug-likeness (QED) is 0.454. The molecule has 26 heavy (non-hydrogen) atoms. The molecule has 0 radical (unpaired) electrons. The first kappa shape index (κ1) is 20.5. The molecule has 1 aromatic carbocycles. The van der Waals surface area contributed by atoms with E-state index >= 15 is 0 Å². The lowest BCUT2D eigenvalue weighted by Crippen LogP contribution is -2.37. The fourth-order valence-corrected chi connectivity index (χ4v) is 2.67. The lowest BCUT2D eigenvalue weighted by molar-refractivity contribution is 0.114. The van der Waals surface area contributed by atoms with E-state index in [9.17, 15) is 0 Å². The average molecular weight is 364 g/mol. The molecule has 146 valence electrons. The molecule has 1 aliphatic rings. The predicted molar refractivity (Wildman–Crippen MR) is 104 cm³/mol. The number of aliphatic imine (C=N–C) groups is 1. The molecule has 1 aliphatic heterocycles. The molecule has 0 bridgehead atoms. The lowest BCUT2D eigenvalue weighted by Gasteiger charge is -2.16. The number of methoxy groups -OCH3 is 1. The zero-order valence-corrected chi connectivity index (χ0v) is 15.9. The van der Waals surface area contributed by atoms with Crippen LogP contribution in [-0.2, 0) is 16.0 Å². The molecule has 7 nitrogen and oxygen atoms in total. The van der Waals surface area contributed by atoms with E-state index in [2.05, 4.69) is 22.3 Å². The molecule has 1 heterocycles. The molecule has 3 N–H and O–H groups in total. The average Bonchev–Trinajstić information content (AvgIpc) is 3.17. The third-order valence-corrected chi connectivity index (χ3v) is 4.28. The molecule has 1 atom stereocenters. The maximum absolute atomic E-state index is 5.93. The van der Waals surface area contributed by atoms with Crippen LogP contribution < -0.4 is 15.8 Å². The van der Waals surface area contributed by atoms with Gasteiger partial charge in [0.25, 0.3) is 0 Å². The highest BCUT2D eigenvalue weighted by atomic mass is 16.5. The molecular weight excluding hydrogens is 332 g/mol. The first-order valence-corrected chi connectivity index (χ1v) is 9.22. The fraction of sp³-hybridized carbons (Fsp3) is 0.632. The minimum absolute atomic E-state index is 0.252. The number of hydrogen-bond acceptors (Lipinski definition) is 5. The Bertz CT molecular complexity index is 547. The number of guanidine groups is 1. The number of benzene rings is 1. The van der Waals surface area contributed by atoms with Crippen LogP contribution in [-0.4, -0.2) is 70.6 Å². The predicted octanol–water partition coefficient (Wildman–Crippen LogP) is 1.23. The van der Waals surface area contributed by atoms with Crippen LogP contribution in [0.3, 0.4) is 0 Å². The number of nitrogens with two attached hydrogens (primary N) is 1. The molecule has 0 spiro atoms.